The molecule has 0 unspecified atom stereocenters. The third-order valence-corrected chi connectivity index (χ3v) is 5.90. The van der Waals surface area contributed by atoms with E-state index in [0.29, 0.717) is 16.8 Å². The molecule has 7 nitrogen and oxygen atoms in total. The molecule has 0 aliphatic carbocycles. The molecule has 0 atom stereocenters. The Balaban J connectivity index is 1.53. The number of nitrogens with zero attached hydrogens (tertiary/aromatic N) is 5. The highest BCUT2D eigenvalue weighted by Crippen LogP contribution is 2.21. The van der Waals surface area contributed by atoms with E-state index in [1.807, 2.05) is 12.1 Å². The van der Waals surface area contributed by atoms with Crippen molar-refractivity contribution < 1.29 is 4.79 Å². The van der Waals surface area contributed by atoms with E-state index in [2.05, 4.69) is 58.6 Å². The maximum atomic E-state index is 12.3. The van der Waals surface area contributed by atoms with E-state index in [9.17, 15) is 4.79 Å². The van der Waals surface area contributed by atoms with E-state index in [1.54, 1.807) is 4.68 Å². The summed E-state index contributed by atoms with van der Waals surface area (Å²) < 4.78 is 1.68. The fourth-order valence-corrected chi connectivity index (χ4v) is 3.93. The highest BCUT2D eigenvalue weighted by atomic mass is 32.2. The van der Waals surface area contributed by atoms with Gasteiger partial charge in [-0.3, -0.25) is 4.79 Å². The summed E-state index contributed by atoms with van der Waals surface area (Å²) >= 11 is 1.37. The predicted octanol–water partition coefficient (Wildman–Crippen LogP) is 2.48. The maximum absolute atomic E-state index is 12.3. The fraction of sp³-hybridized carbons (Fsp3) is 0.579. The number of carbonyl (C=O) groups is 1. The van der Waals surface area contributed by atoms with Crippen LogP contribution in [-0.4, -0.2) is 62.4 Å². The SMILES string of the molecule is CCN1CCC(NC(=O)CSc2nnnn2-c2ccc(C(C)C)cc2)CC1. The molecule has 8 heteroatoms. The summed E-state index contributed by atoms with van der Waals surface area (Å²) in [5.74, 6) is 0.840. The van der Waals surface area contributed by atoms with Crippen LogP contribution >= 0.6 is 11.8 Å². The number of aromatic nitrogens is 4. The molecule has 0 spiro atoms. The first-order valence-corrected chi connectivity index (χ1v) is 10.6. The standard InChI is InChI=1S/C19H28N6OS/c1-4-24-11-9-16(10-12-24)20-18(26)13-27-19-21-22-23-25(19)17-7-5-15(6-8-17)14(2)3/h5-8,14,16H,4,9-13H2,1-3H3,(H,20,26). The average molecular weight is 389 g/mol. The highest BCUT2D eigenvalue weighted by Gasteiger charge is 2.20. The molecule has 1 aromatic heterocycles. The molecule has 0 bridgehead atoms. The molecule has 1 saturated heterocycles. The van der Waals surface area contributed by atoms with Crippen molar-refractivity contribution in [2.75, 3.05) is 25.4 Å². The van der Waals surface area contributed by atoms with Gasteiger partial charge in [-0.15, -0.1) is 5.10 Å². The van der Waals surface area contributed by atoms with Crippen LogP contribution in [-0.2, 0) is 4.79 Å². The van der Waals surface area contributed by atoms with E-state index in [0.717, 1.165) is 38.2 Å². The maximum Gasteiger partial charge on any atom is 0.230 e. The molecule has 1 aliphatic heterocycles. The van der Waals surface area contributed by atoms with Crippen LogP contribution in [0.5, 0.6) is 0 Å². The molecule has 1 fully saturated rings. The molecule has 1 aliphatic rings. The van der Waals surface area contributed by atoms with Crippen LogP contribution in [0.4, 0.5) is 0 Å². The largest absolute Gasteiger partial charge is 0.353 e. The van der Waals surface area contributed by atoms with Crippen LogP contribution in [0.1, 0.15) is 45.1 Å². The number of hydrogen-bond acceptors (Lipinski definition) is 6. The summed E-state index contributed by atoms with van der Waals surface area (Å²) in [7, 11) is 0. The minimum absolute atomic E-state index is 0.0413. The zero-order valence-corrected chi connectivity index (χ0v) is 17.1. The molecule has 146 valence electrons. The van der Waals surface area contributed by atoms with Crippen LogP contribution in [0, 0.1) is 0 Å². The molecule has 2 aromatic rings. The quantitative estimate of drug-likeness (QED) is 0.735. The number of carbonyl (C=O) groups excluding carboxylic acids is 1. The van der Waals surface area contributed by atoms with Crippen LogP contribution in [0.2, 0.25) is 0 Å². The summed E-state index contributed by atoms with van der Waals surface area (Å²) in [5.41, 5.74) is 2.17. The summed E-state index contributed by atoms with van der Waals surface area (Å²) in [6, 6.07) is 8.48. The van der Waals surface area contributed by atoms with Gasteiger partial charge in [0.2, 0.25) is 11.1 Å². The molecule has 0 saturated carbocycles. The molecular formula is C19H28N6OS. The lowest BCUT2D eigenvalue weighted by molar-refractivity contribution is -0.119. The van der Waals surface area contributed by atoms with Gasteiger partial charge >= 0.3 is 0 Å². The zero-order chi connectivity index (χ0) is 19.2. The molecule has 1 amide bonds. The van der Waals surface area contributed by atoms with Gasteiger partial charge in [-0.25, -0.2) is 0 Å². The Kier molecular flexibility index (Phi) is 6.84. The van der Waals surface area contributed by atoms with Crippen molar-refractivity contribution in [3.63, 3.8) is 0 Å². The van der Waals surface area contributed by atoms with Crippen LogP contribution in [0.25, 0.3) is 5.69 Å². The van der Waals surface area contributed by atoms with Gasteiger partial charge < -0.3 is 10.2 Å². The first-order chi connectivity index (χ1) is 13.1. The second-order valence-electron chi connectivity index (χ2n) is 7.18. The number of thioether (sulfide) groups is 1. The molecule has 3 rings (SSSR count). The number of amides is 1. The van der Waals surface area contributed by atoms with E-state index in [1.165, 1.54) is 17.3 Å². The van der Waals surface area contributed by atoms with Crippen molar-refractivity contribution in [1.29, 1.82) is 0 Å². The first kappa shape index (κ1) is 19.8. The van der Waals surface area contributed by atoms with Crippen molar-refractivity contribution in [2.45, 2.75) is 50.7 Å². The Morgan fingerprint density at radius 2 is 1.96 bits per heavy atom. The lowest BCUT2D eigenvalue weighted by atomic mass is 10.0. The Morgan fingerprint density at radius 1 is 1.26 bits per heavy atom. The average Bonchev–Trinajstić information content (AvgIpc) is 3.15. The van der Waals surface area contributed by atoms with Crippen LogP contribution in [0.3, 0.4) is 0 Å². The van der Waals surface area contributed by atoms with Crippen molar-refractivity contribution >= 4 is 17.7 Å². The van der Waals surface area contributed by atoms with Gasteiger partial charge in [0.05, 0.1) is 11.4 Å². The van der Waals surface area contributed by atoms with E-state index >= 15 is 0 Å². The van der Waals surface area contributed by atoms with Crippen molar-refractivity contribution in [1.82, 2.24) is 30.4 Å². The highest BCUT2D eigenvalue weighted by molar-refractivity contribution is 7.99. The molecule has 2 heterocycles. The van der Waals surface area contributed by atoms with Gasteiger partial charge in [-0.05, 0) is 53.4 Å². The Labute approximate surface area is 164 Å². The van der Waals surface area contributed by atoms with Gasteiger partial charge in [-0.1, -0.05) is 44.7 Å². The van der Waals surface area contributed by atoms with Gasteiger partial charge in [0.25, 0.3) is 0 Å². The Bertz CT molecular complexity index is 737. The van der Waals surface area contributed by atoms with E-state index < -0.39 is 0 Å². The zero-order valence-electron chi connectivity index (χ0n) is 16.3. The third-order valence-electron chi connectivity index (χ3n) is 4.98. The second-order valence-corrected chi connectivity index (χ2v) is 8.13. The topological polar surface area (TPSA) is 75.9 Å². The normalized spacial score (nSPS) is 16.0. The summed E-state index contributed by atoms with van der Waals surface area (Å²) in [6.07, 6.45) is 2.04. The minimum atomic E-state index is 0.0413. The molecule has 1 aromatic carbocycles. The minimum Gasteiger partial charge on any atom is -0.353 e. The monoisotopic (exact) mass is 388 g/mol. The Hall–Kier alpha value is -1.93. The predicted molar refractivity (Wildman–Crippen MR) is 107 cm³/mol. The second kappa shape index (κ2) is 9.32. The van der Waals surface area contributed by atoms with Crippen LogP contribution < -0.4 is 5.32 Å². The summed E-state index contributed by atoms with van der Waals surface area (Å²) in [4.78, 5) is 14.7. The lowest BCUT2D eigenvalue weighted by Crippen LogP contribution is -2.45. The van der Waals surface area contributed by atoms with E-state index in [-0.39, 0.29) is 11.9 Å². The lowest BCUT2D eigenvalue weighted by Gasteiger charge is -2.31. The first-order valence-electron chi connectivity index (χ1n) is 9.60. The van der Waals surface area contributed by atoms with Crippen molar-refractivity contribution in [3.8, 4) is 5.69 Å². The molecular weight excluding hydrogens is 360 g/mol. The van der Waals surface area contributed by atoms with Crippen LogP contribution in [0.15, 0.2) is 29.4 Å². The molecule has 0 radical (unpaired) electrons. The Morgan fingerprint density at radius 3 is 2.59 bits per heavy atom. The number of nitrogens with one attached hydrogen (secondary N) is 1. The van der Waals surface area contributed by atoms with Gasteiger partial charge in [0.1, 0.15) is 0 Å². The number of piperidine rings is 1. The fourth-order valence-electron chi connectivity index (χ4n) is 3.22. The number of hydrogen-bond donors (Lipinski definition) is 1. The van der Waals surface area contributed by atoms with Gasteiger partial charge in [0, 0.05) is 19.1 Å². The number of rotatable bonds is 7. The van der Waals surface area contributed by atoms with Gasteiger partial charge in [0.15, 0.2) is 0 Å². The molecule has 27 heavy (non-hydrogen) atoms. The van der Waals surface area contributed by atoms with E-state index in [4.69, 9.17) is 0 Å². The number of likely N-dealkylation sites (tertiary alicyclic amines) is 1. The van der Waals surface area contributed by atoms with Gasteiger partial charge in [-0.2, -0.15) is 4.68 Å². The number of tetrazole rings is 1. The summed E-state index contributed by atoms with van der Waals surface area (Å²) in [5, 5.41) is 15.7. The summed E-state index contributed by atoms with van der Waals surface area (Å²) in [6.45, 7) is 9.70. The third kappa shape index (κ3) is 5.29. The number of benzene rings is 1. The van der Waals surface area contributed by atoms with Crippen molar-refractivity contribution in [3.05, 3.63) is 29.8 Å². The van der Waals surface area contributed by atoms with Crippen molar-refractivity contribution in [2.24, 2.45) is 0 Å². The smallest absolute Gasteiger partial charge is 0.230 e. The molecule has 1 N–H and O–H groups in total.